The zero-order chi connectivity index (χ0) is 19.0. The van der Waals surface area contributed by atoms with E-state index in [1.165, 1.54) is 12.4 Å². The molecule has 2 heterocycles. The number of hydrogen-bond acceptors (Lipinski definition) is 4. The van der Waals surface area contributed by atoms with E-state index in [1.807, 2.05) is 22.9 Å². The van der Waals surface area contributed by atoms with Crippen LogP contribution < -0.4 is 5.32 Å². The standard InChI is InChI=1S/C21H25FN4O/c1-3-13(2)19(27)11-26-10-9-16-20(23-12-24-21(16)26)25-18-8-7-14-15(18)5-4-6-17(14)22/h4-6,9-10,12-13,18-19,27H,3,7-8,11H2,1-2H3,(H,23,24,25)/t13-,18+,19+/m1/s1. The monoisotopic (exact) mass is 368 g/mol. The minimum atomic E-state index is -0.415. The van der Waals surface area contributed by atoms with E-state index in [0.29, 0.717) is 6.54 Å². The van der Waals surface area contributed by atoms with Crippen LogP contribution in [0.2, 0.25) is 0 Å². The molecule has 0 bridgehead atoms. The first-order chi connectivity index (χ1) is 13.1. The van der Waals surface area contributed by atoms with Crippen molar-refractivity contribution in [1.82, 2.24) is 14.5 Å². The van der Waals surface area contributed by atoms with Gasteiger partial charge in [0.1, 0.15) is 23.6 Å². The number of fused-ring (bicyclic) bond motifs is 2. The van der Waals surface area contributed by atoms with Gasteiger partial charge in [0.25, 0.3) is 0 Å². The van der Waals surface area contributed by atoms with Crippen LogP contribution in [0.3, 0.4) is 0 Å². The van der Waals surface area contributed by atoms with Crippen molar-refractivity contribution in [2.45, 2.75) is 51.8 Å². The SMILES string of the molecule is CC[C@@H](C)[C@@H](O)Cn1ccc2c(N[C@H]3CCc4c(F)cccc43)ncnc21. The quantitative estimate of drug-likeness (QED) is 0.688. The van der Waals surface area contributed by atoms with E-state index < -0.39 is 6.10 Å². The van der Waals surface area contributed by atoms with Crippen molar-refractivity contribution >= 4 is 16.9 Å². The third-order valence-corrected chi connectivity index (χ3v) is 5.77. The fourth-order valence-corrected chi connectivity index (χ4v) is 3.84. The van der Waals surface area contributed by atoms with Crippen LogP contribution in [0.4, 0.5) is 10.2 Å². The Morgan fingerprint density at radius 2 is 2.19 bits per heavy atom. The predicted molar refractivity (Wildman–Crippen MR) is 104 cm³/mol. The maximum absolute atomic E-state index is 14.0. The molecule has 4 rings (SSSR count). The molecule has 2 aromatic heterocycles. The lowest BCUT2D eigenvalue weighted by Crippen LogP contribution is -2.23. The van der Waals surface area contributed by atoms with Crippen LogP contribution >= 0.6 is 0 Å². The van der Waals surface area contributed by atoms with E-state index in [1.54, 1.807) is 6.07 Å². The maximum atomic E-state index is 14.0. The molecule has 3 aromatic rings. The molecule has 0 unspecified atom stereocenters. The molecule has 0 saturated heterocycles. The summed E-state index contributed by atoms with van der Waals surface area (Å²) in [5, 5.41) is 14.8. The highest BCUT2D eigenvalue weighted by Crippen LogP contribution is 2.36. The molecule has 142 valence electrons. The van der Waals surface area contributed by atoms with E-state index >= 15 is 0 Å². The largest absolute Gasteiger partial charge is 0.391 e. The molecule has 2 N–H and O–H groups in total. The normalized spacial score (nSPS) is 18.4. The van der Waals surface area contributed by atoms with Gasteiger partial charge in [-0.25, -0.2) is 14.4 Å². The molecular formula is C21H25FN4O. The average molecular weight is 368 g/mol. The van der Waals surface area contributed by atoms with Crippen LogP contribution in [0.1, 0.15) is 43.9 Å². The highest BCUT2D eigenvalue weighted by molar-refractivity contribution is 5.87. The van der Waals surface area contributed by atoms with Gasteiger partial charge in [-0.1, -0.05) is 32.4 Å². The van der Waals surface area contributed by atoms with E-state index in [9.17, 15) is 9.50 Å². The summed E-state index contributed by atoms with van der Waals surface area (Å²) in [6, 6.07) is 7.28. The van der Waals surface area contributed by atoms with Crippen LogP contribution in [0.15, 0.2) is 36.8 Å². The third-order valence-electron chi connectivity index (χ3n) is 5.77. The lowest BCUT2D eigenvalue weighted by Gasteiger charge is -2.18. The Balaban J connectivity index is 1.60. The first-order valence-electron chi connectivity index (χ1n) is 9.60. The van der Waals surface area contributed by atoms with Gasteiger partial charge in [-0.3, -0.25) is 0 Å². The second-order valence-corrected chi connectivity index (χ2v) is 7.42. The number of aliphatic hydroxyl groups excluding tert-OH is 1. The molecule has 1 aliphatic rings. The number of halogens is 1. The van der Waals surface area contributed by atoms with Crippen molar-refractivity contribution in [3.05, 3.63) is 53.7 Å². The molecule has 27 heavy (non-hydrogen) atoms. The molecule has 6 heteroatoms. The Labute approximate surface area is 158 Å². The lowest BCUT2D eigenvalue weighted by molar-refractivity contribution is 0.0977. The molecule has 1 aromatic carbocycles. The molecule has 5 nitrogen and oxygen atoms in total. The second-order valence-electron chi connectivity index (χ2n) is 7.42. The highest BCUT2D eigenvalue weighted by atomic mass is 19.1. The maximum Gasteiger partial charge on any atom is 0.145 e. The summed E-state index contributed by atoms with van der Waals surface area (Å²) < 4.78 is 16.0. The second kappa shape index (κ2) is 7.27. The molecule has 0 spiro atoms. The van der Waals surface area contributed by atoms with Crippen LogP contribution in [0.25, 0.3) is 11.0 Å². The van der Waals surface area contributed by atoms with Gasteiger partial charge in [0.05, 0.1) is 24.1 Å². The van der Waals surface area contributed by atoms with Gasteiger partial charge in [-0.2, -0.15) is 0 Å². The average Bonchev–Trinajstić information content (AvgIpc) is 3.27. The summed E-state index contributed by atoms with van der Waals surface area (Å²) in [6.07, 6.45) is 5.57. The van der Waals surface area contributed by atoms with Crippen LogP contribution in [-0.4, -0.2) is 25.7 Å². The van der Waals surface area contributed by atoms with Crippen molar-refractivity contribution in [2.24, 2.45) is 5.92 Å². The smallest absolute Gasteiger partial charge is 0.145 e. The van der Waals surface area contributed by atoms with Gasteiger partial charge in [0.2, 0.25) is 0 Å². The fraction of sp³-hybridized carbons (Fsp3) is 0.429. The molecule has 0 fully saturated rings. The summed E-state index contributed by atoms with van der Waals surface area (Å²) in [5.41, 5.74) is 2.61. The van der Waals surface area contributed by atoms with E-state index in [0.717, 1.165) is 47.2 Å². The number of nitrogens with one attached hydrogen (secondary N) is 1. The Hall–Kier alpha value is -2.47. The zero-order valence-electron chi connectivity index (χ0n) is 15.7. The Morgan fingerprint density at radius 1 is 1.33 bits per heavy atom. The fourth-order valence-electron chi connectivity index (χ4n) is 3.84. The molecule has 0 saturated carbocycles. The topological polar surface area (TPSA) is 63.0 Å². The summed E-state index contributed by atoms with van der Waals surface area (Å²) in [7, 11) is 0. The minimum Gasteiger partial charge on any atom is -0.391 e. The molecule has 0 radical (unpaired) electrons. The van der Waals surface area contributed by atoms with Crippen molar-refractivity contribution < 1.29 is 9.50 Å². The van der Waals surface area contributed by atoms with Crippen molar-refractivity contribution in [3.8, 4) is 0 Å². The number of benzene rings is 1. The van der Waals surface area contributed by atoms with Crippen molar-refractivity contribution in [1.29, 1.82) is 0 Å². The molecule has 0 aliphatic heterocycles. The van der Waals surface area contributed by atoms with Crippen molar-refractivity contribution in [2.75, 3.05) is 5.32 Å². The number of hydrogen-bond donors (Lipinski definition) is 2. The number of aliphatic hydroxyl groups is 1. The van der Waals surface area contributed by atoms with E-state index in [2.05, 4.69) is 29.1 Å². The Morgan fingerprint density at radius 3 is 3.00 bits per heavy atom. The Bertz CT molecular complexity index is 955. The zero-order valence-corrected chi connectivity index (χ0v) is 15.7. The van der Waals surface area contributed by atoms with Crippen LogP contribution in [-0.2, 0) is 13.0 Å². The van der Waals surface area contributed by atoms with Gasteiger partial charge in [-0.05, 0) is 42.0 Å². The number of anilines is 1. The summed E-state index contributed by atoms with van der Waals surface area (Å²) in [6.45, 7) is 4.63. The molecule has 1 aliphatic carbocycles. The highest BCUT2D eigenvalue weighted by Gasteiger charge is 2.26. The first-order valence-corrected chi connectivity index (χ1v) is 9.60. The van der Waals surface area contributed by atoms with Gasteiger partial charge in [0.15, 0.2) is 0 Å². The van der Waals surface area contributed by atoms with Gasteiger partial charge < -0.3 is 15.0 Å². The van der Waals surface area contributed by atoms with Crippen molar-refractivity contribution in [3.63, 3.8) is 0 Å². The lowest BCUT2D eigenvalue weighted by atomic mass is 10.0. The van der Waals surface area contributed by atoms with Gasteiger partial charge in [0, 0.05) is 6.20 Å². The molecular weight excluding hydrogens is 343 g/mol. The summed E-state index contributed by atoms with van der Waals surface area (Å²) in [4.78, 5) is 8.83. The summed E-state index contributed by atoms with van der Waals surface area (Å²) in [5.74, 6) is 0.848. The van der Waals surface area contributed by atoms with E-state index in [4.69, 9.17) is 0 Å². The summed E-state index contributed by atoms with van der Waals surface area (Å²) >= 11 is 0. The molecule has 3 atom stereocenters. The molecule has 0 amide bonds. The van der Waals surface area contributed by atoms with Gasteiger partial charge in [-0.15, -0.1) is 0 Å². The van der Waals surface area contributed by atoms with Crippen LogP contribution in [0, 0.1) is 11.7 Å². The number of aromatic nitrogens is 3. The minimum absolute atomic E-state index is 0.0443. The predicted octanol–water partition coefficient (Wildman–Crippen LogP) is 4.08. The van der Waals surface area contributed by atoms with Crippen LogP contribution in [0.5, 0.6) is 0 Å². The first kappa shape index (κ1) is 17.9. The number of rotatable bonds is 6. The van der Waals surface area contributed by atoms with Gasteiger partial charge >= 0.3 is 0 Å². The third kappa shape index (κ3) is 3.30. The number of nitrogens with zero attached hydrogens (tertiary/aromatic N) is 3. The Kier molecular flexibility index (Phi) is 4.83. The van der Waals surface area contributed by atoms with E-state index in [-0.39, 0.29) is 17.8 Å².